The highest BCUT2D eigenvalue weighted by Crippen LogP contribution is 2.32. The number of nitrogens with two attached hydrogens (primary N) is 2. The molecule has 0 atom stereocenters. The molecule has 2 heterocycles. The molecule has 0 bridgehead atoms. The average Bonchev–Trinajstić information content (AvgIpc) is 3.43. The number of nitrogens with zero attached hydrogens (tertiary/aromatic N) is 4. The number of hydrogen-bond donors (Lipinski definition) is 4. The molecule has 0 aliphatic carbocycles. The minimum absolute atomic E-state index is 0.0461. The zero-order valence-electron chi connectivity index (χ0n) is 21.1. The zero-order valence-corrected chi connectivity index (χ0v) is 21.1. The summed E-state index contributed by atoms with van der Waals surface area (Å²) in [4.78, 5) is 27.7. The second kappa shape index (κ2) is 10.0. The molecule has 11 nitrogen and oxygen atoms in total. The molecule has 0 saturated heterocycles. The average molecular weight is 543 g/mol. The molecule has 0 saturated carbocycles. The zero-order chi connectivity index (χ0) is 28.5. The van der Waals surface area contributed by atoms with Crippen molar-refractivity contribution in [1.29, 1.82) is 0 Å². The fourth-order valence-corrected chi connectivity index (χ4v) is 3.55. The maximum atomic E-state index is 13.3. The van der Waals surface area contributed by atoms with E-state index in [0.717, 1.165) is 12.1 Å². The summed E-state index contributed by atoms with van der Waals surface area (Å²) in [6.07, 6.45) is -4.25. The number of benzene rings is 2. The first-order chi connectivity index (χ1) is 18.2. The summed E-state index contributed by atoms with van der Waals surface area (Å²) in [5.74, 6) is 0.0855. The molecule has 0 fully saturated rings. The third-order valence-corrected chi connectivity index (χ3v) is 5.51. The highest BCUT2D eigenvalue weighted by atomic mass is 19.4. The number of rotatable bonds is 5. The van der Waals surface area contributed by atoms with Crippen LogP contribution in [-0.4, -0.2) is 31.5 Å². The van der Waals surface area contributed by atoms with Gasteiger partial charge in [-0.25, -0.2) is 14.3 Å². The second-order valence-corrected chi connectivity index (χ2v) is 9.48. The molecule has 2 aromatic carbocycles. The first-order valence-corrected chi connectivity index (χ1v) is 11.5. The van der Waals surface area contributed by atoms with Crippen LogP contribution in [0.2, 0.25) is 0 Å². The molecular weight excluding hydrogens is 517 g/mol. The molecule has 4 rings (SSSR count). The van der Waals surface area contributed by atoms with Crippen LogP contribution in [0.3, 0.4) is 0 Å². The molecule has 14 heteroatoms. The van der Waals surface area contributed by atoms with E-state index in [4.69, 9.17) is 16.2 Å². The largest absolute Gasteiger partial charge is 0.416 e. The number of carbonyl (C=O) groups is 2. The quantitative estimate of drug-likeness (QED) is 0.276. The van der Waals surface area contributed by atoms with E-state index in [1.165, 1.54) is 27.7 Å². The van der Waals surface area contributed by atoms with Crippen molar-refractivity contribution in [1.82, 2.24) is 19.3 Å². The summed E-state index contributed by atoms with van der Waals surface area (Å²) in [6.45, 7) is 5.69. The summed E-state index contributed by atoms with van der Waals surface area (Å²) in [5, 5.41) is 9.78. The number of primary amides is 1. The fourth-order valence-electron chi connectivity index (χ4n) is 3.55. The van der Waals surface area contributed by atoms with Crippen LogP contribution in [0, 0.1) is 0 Å². The maximum Gasteiger partial charge on any atom is 0.416 e. The van der Waals surface area contributed by atoms with Gasteiger partial charge in [0.2, 0.25) is 0 Å². The summed E-state index contributed by atoms with van der Waals surface area (Å²) >= 11 is 0. The van der Waals surface area contributed by atoms with Gasteiger partial charge < -0.3 is 21.5 Å². The summed E-state index contributed by atoms with van der Waals surface area (Å²) in [6, 6.07) is 12.1. The van der Waals surface area contributed by atoms with Gasteiger partial charge in [0.25, 0.3) is 5.88 Å². The Morgan fingerprint density at radius 3 is 2.28 bits per heavy atom. The molecule has 0 aliphatic rings. The Hall–Kier alpha value is -5.01. The molecular formula is C25H25F3N8O3. The highest BCUT2D eigenvalue weighted by Gasteiger charge is 2.31. The molecule has 204 valence electrons. The molecule has 6 N–H and O–H groups in total. The van der Waals surface area contributed by atoms with Crippen molar-refractivity contribution in [3.63, 3.8) is 0 Å². The lowest BCUT2D eigenvalue weighted by molar-refractivity contribution is -0.137. The number of anilines is 3. The van der Waals surface area contributed by atoms with E-state index in [9.17, 15) is 22.8 Å². The van der Waals surface area contributed by atoms with Crippen LogP contribution in [0.25, 0.3) is 11.4 Å². The van der Waals surface area contributed by atoms with Crippen molar-refractivity contribution >= 4 is 29.4 Å². The van der Waals surface area contributed by atoms with E-state index in [1.807, 2.05) is 20.8 Å². The number of nitrogen functional groups attached to an aromatic ring is 1. The third kappa shape index (κ3) is 6.11. The Labute approximate surface area is 220 Å². The predicted octanol–water partition coefficient (Wildman–Crippen LogP) is 5.06. The van der Waals surface area contributed by atoms with E-state index in [1.54, 1.807) is 30.3 Å². The summed E-state index contributed by atoms with van der Waals surface area (Å²) < 4.78 is 47.3. The number of alkyl halides is 3. The van der Waals surface area contributed by atoms with Gasteiger partial charge in [-0.05, 0) is 42.5 Å². The smallest absolute Gasteiger partial charge is 0.387 e. The number of halogens is 3. The number of nitrogens with one attached hydrogen (secondary N) is 2. The van der Waals surface area contributed by atoms with Crippen LogP contribution < -0.4 is 26.8 Å². The van der Waals surface area contributed by atoms with Gasteiger partial charge in [-0.15, -0.1) is 0 Å². The molecule has 0 radical (unpaired) electrons. The Morgan fingerprint density at radius 2 is 1.67 bits per heavy atom. The lowest BCUT2D eigenvalue weighted by Crippen LogP contribution is -2.21. The van der Waals surface area contributed by atoms with Crippen molar-refractivity contribution in [2.75, 3.05) is 16.4 Å². The van der Waals surface area contributed by atoms with E-state index >= 15 is 0 Å². The first kappa shape index (κ1) is 27.0. The van der Waals surface area contributed by atoms with Gasteiger partial charge in [-0.1, -0.05) is 26.8 Å². The van der Waals surface area contributed by atoms with Crippen LogP contribution in [0.1, 0.15) is 32.0 Å². The number of amides is 3. The summed E-state index contributed by atoms with van der Waals surface area (Å²) in [5.41, 5.74) is 11.3. The van der Waals surface area contributed by atoms with Crippen molar-refractivity contribution in [3.8, 4) is 17.3 Å². The van der Waals surface area contributed by atoms with E-state index in [-0.39, 0.29) is 23.2 Å². The van der Waals surface area contributed by atoms with E-state index in [2.05, 4.69) is 20.7 Å². The third-order valence-electron chi connectivity index (χ3n) is 5.51. The monoisotopic (exact) mass is 542 g/mol. The van der Waals surface area contributed by atoms with Crippen LogP contribution >= 0.6 is 0 Å². The van der Waals surface area contributed by atoms with Gasteiger partial charge in [0.05, 0.1) is 16.9 Å². The number of urea groups is 1. The number of ether oxygens (including phenoxy) is 1. The van der Waals surface area contributed by atoms with Gasteiger partial charge in [-0.3, -0.25) is 9.88 Å². The van der Waals surface area contributed by atoms with Gasteiger partial charge in [0.15, 0.2) is 5.82 Å². The van der Waals surface area contributed by atoms with E-state index in [0.29, 0.717) is 17.1 Å². The minimum Gasteiger partial charge on any atom is -0.387 e. The topological polar surface area (TPSA) is 155 Å². The Kier molecular flexibility index (Phi) is 6.96. The van der Waals surface area contributed by atoms with Crippen LogP contribution in [-0.2, 0) is 11.6 Å². The van der Waals surface area contributed by atoms with Gasteiger partial charge in [0.1, 0.15) is 12.1 Å². The van der Waals surface area contributed by atoms with Crippen molar-refractivity contribution < 1.29 is 27.5 Å². The van der Waals surface area contributed by atoms with E-state index < -0.39 is 29.3 Å². The Balaban J connectivity index is 1.55. The van der Waals surface area contributed by atoms with Crippen LogP contribution in [0.5, 0.6) is 5.88 Å². The maximum absolute atomic E-state index is 13.3. The molecule has 2 aromatic heterocycles. The molecule has 0 aliphatic heterocycles. The second-order valence-electron chi connectivity index (χ2n) is 9.48. The normalized spacial score (nSPS) is 11.7. The molecule has 4 aromatic rings. The van der Waals surface area contributed by atoms with Crippen molar-refractivity contribution in [3.05, 3.63) is 72.2 Å². The molecule has 0 unspecified atom stereocenters. The molecule has 3 amide bonds. The fraction of sp³-hybridized carbons (Fsp3) is 0.200. The molecule has 0 spiro atoms. The lowest BCUT2D eigenvalue weighted by Gasteiger charge is -2.14. The predicted molar refractivity (Wildman–Crippen MR) is 138 cm³/mol. The highest BCUT2D eigenvalue weighted by molar-refractivity contribution is 5.99. The number of hydrogen-bond acceptors (Lipinski definition) is 6. The Bertz CT molecular complexity index is 1520. The SMILES string of the molecule is CC(C)(C)c1cc(NC(=O)Nc2ccc(-n3cnc(OC(N)=O)c3N)cc2)n(-c2cccc(C(F)(F)F)c2)n1. The van der Waals surface area contributed by atoms with Gasteiger partial charge in [-0.2, -0.15) is 23.3 Å². The standard InChI is InChI=1S/C25H25F3N8O3/c1-24(2,3)18-12-19(36(34-18)17-6-4-5-14(11-17)25(26,27)28)33-23(38)32-15-7-9-16(10-8-15)35-13-31-21(20(35)29)39-22(30)37/h4-13H,29H2,1-3H3,(H2,30,37)(H2,32,33,38). The molecule has 39 heavy (non-hydrogen) atoms. The minimum atomic E-state index is -4.54. The number of carbonyl (C=O) groups excluding carboxylic acids is 2. The van der Waals surface area contributed by atoms with Crippen molar-refractivity contribution in [2.24, 2.45) is 5.73 Å². The Morgan fingerprint density at radius 1 is 0.974 bits per heavy atom. The number of aromatic nitrogens is 4. The van der Waals surface area contributed by atoms with Gasteiger partial charge >= 0.3 is 18.3 Å². The van der Waals surface area contributed by atoms with Crippen LogP contribution in [0.15, 0.2) is 60.9 Å². The summed E-state index contributed by atoms with van der Waals surface area (Å²) in [7, 11) is 0. The van der Waals surface area contributed by atoms with Gasteiger partial charge in [0, 0.05) is 22.9 Å². The number of imidazole rings is 1. The van der Waals surface area contributed by atoms with Crippen molar-refractivity contribution in [2.45, 2.75) is 32.4 Å². The van der Waals surface area contributed by atoms with Crippen LogP contribution in [0.4, 0.5) is 40.1 Å². The lowest BCUT2D eigenvalue weighted by atomic mass is 9.92. The first-order valence-electron chi connectivity index (χ1n) is 11.5.